The van der Waals surface area contributed by atoms with E-state index in [2.05, 4.69) is 30.9 Å². The molecule has 0 radical (unpaired) electrons. The molecule has 0 aliphatic rings. The maximum absolute atomic E-state index is 5.71. The molecule has 2 heterocycles. The van der Waals surface area contributed by atoms with Crippen LogP contribution in [0.15, 0.2) is 44.1 Å². The molecule has 0 saturated heterocycles. The van der Waals surface area contributed by atoms with Gasteiger partial charge in [0, 0.05) is 16.7 Å². The van der Waals surface area contributed by atoms with E-state index in [0.29, 0.717) is 11.0 Å². The van der Waals surface area contributed by atoms with Crippen molar-refractivity contribution in [2.24, 2.45) is 0 Å². The summed E-state index contributed by atoms with van der Waals surface area (Å²) in [5.41, 5.74) is 5.71. The van der Waals surface area contributed by atoms with Crippen LogP contribution < -0.4 is 5.73 Å². The van der Waals surface area contributed by atoms with Crippen LogP contribution in [0, 0.1) is 0 Å². The zero-order valence-electron chi connectivity index (χ0n) is 8.92. The third kappa shape index (κ3) is 3.58. The van der Waals surface area contributed by atoms with Gasteiger partial charge in [0.25, 0.3) is 0 Å². The van der Waals surface area contributed by atoms with Gasteiger partial charge in [0.1, 0.15) is 15.9 Å². The molecule has 0 aromatic carbocycles. The summed E-state index contributed by atoms with van der Waals surface area (Å²) in [6, 6.07) is 5.61. The van der Waals surface area contributed by atoms with Gasteiger partial charge >= 0.3 is 0 Å². The molecule has 2 rings (SSSR count). The first-order valence-corrected chi connectivity index (χ1v) is 7.49. The summed E-state index contributed by atoms with van der Waals surface area (Å²) in [4.78, 5) is 12.7. The number of hydrogen-bond acceptors (Lipinski definition) is 6. The van der Waals surface area contributed by atoms with Crippen molar-refractivity contribution in [3.63, 3.8) is 0 Å². The molecular formula is C10H9BrN4S2. The second kappa shape index (κ2) is 5.70. The Balaban J connectivity index is 2.23. The highest BCUT2D eigenvalue weighted by Gasteiger charge is 2.04. The zero-order valence-corrected chi connectivity index (χ0v) is 12.1. The van der Waals surface area contributed by atoms with E-state index < -0.39 is 0 Å². The summed E-state index contributed by atoms with van der Waals surface area (Å²) >= 11 is 6.27. The maximum Gasteiger partial charge on any atom is 0.190 e. The number of pyridine rings is 1. The molecule has 0 aliphatic heterocycles. The Bertz CT molecular complexity index is 518. The van der Waals surface area contributed by atoms with Crippen molar-refractivity contribution in [3.8, 4) is 0 Å². The van der Waals surface area contributed by atoms with Crippen LogP contribution in [-0.2, 0) is 0 Å². The molecule has 0 amide bonds. The average Bonchev–Trinajstić information content (AvgIpc) is 2.31. The number of anilines is 1. The molecule has 0 fully saturated rings. The van der Waals surface area contributed by atoms with E-state index in [-0.39, 0.29) is 0 Å². The van der Waals surface area contributed by atoms with Crippen LogP contribution in [0.5, 0.6) is 0 Å². The normalized spacial score (nSPS) is 10.5. The Kier molecular flexibility index (Phi) is 4.25. The van der Waals surface area contributed by atoms with Gasteiger partial charge in [-0.15, -0.1) is 0 Å². The van der Waals surface area contributed by atoms with Crippen molar-refractivity contribution in [2.75, 3.05) is 12.0 Å². The predicted octanol–water partition coefficient (Wildman–Crippen LogP) is 3.09. The van der Waals surface area contributed by atoms with Crippen molar-refractivity contribution in [1.82, 2.24) is 15.0 Å². The van der Waals surface area contributed by atoms with Crippen molar-refractivity contribution < 1.29 is 0 Å². The second-order valence-corrected chi connectivity index (χ2v) is 5.76. The van der Waals surface area contributed by atoms with Gasteiger partial charge < -0.3 is 5.73 Å². The Morgan fingerprint density at radius 3 is 2.71 bits per heavy atom. The smallest absolute Gasteiger partial charge is 0.190 e. The van der Waals surface area contributed by atoms with E-state index in [4.69, 9.17) is 5.73 Å². The molecular weight excluding hydrogens is 320 g/mol. The number of rotatable bonds is 3. The van der Waals surface area contributed by atoms with Gasteiger partial charge in [0.2, 0.25) is 0 Å². The van der Waals surface area contributed by atoms with Crippen LogP contribution >= 0.6 is 39.5 Å². The van der Waals surface area contributed by atoms with E-state index in [0.717, 1.165) is 14.5 Å². The molecule has 2 aromatic rings. The Labute approximate surface area is 116 Å². The highest BCUT2D eigenvalue weighted by atomic mass is 79.9. The minimum absolute atomic E-state index is 0.476. The Morgan fingerprint density at radius 1 is 1.24 bits per heavy atom. The lowest BCUT2D eigenvalue weighted by Gasteiger charge is -2.03. The van der Waals surface area contributed by atoms with Gasteiger partial charge in [0.15, 0.2) is 5.16 Å². The maximum atomic E-state index is 5.71. The van der Waals surface area contributed by atoms with Crippen molar-refractivity contribution in [1.29, 1.82) is 0 Å². The largest absolute Gasteiger partial charge is 0.384 e. The number of nitrogens with two attached hydrogens (primary N) is 1. The predicted molar refractivity (Wildman–Crippen MR) is 74.3 cm³/mol. The number of thioether (sulfide) groups is 1. The molecule has 0 bridgehead atoms. The topological polar surface area (TPSA) is 64.7 Å². The number of nitrogen functional groups attached to an aromatic ring is 1. The van der Waals surface area contributed by atoms with Gasteiger partial charge in [-0.3, -0.25) is 0 Å². The molecule has 0 aliphatic carbocycles. The summed E-state index contributed by atoms with van der Waals surface area (Å²) in [6.45, 7) is 0. The van der Waals surface area contributed by atoms with E-state index in [1.54, 1.807) is 12.3 Å². The molecule has 0 spiro atoms. The summed E-state index contributed by atoms with van der Waals surface area (Å²) < 4.78 is 0.953. The van der Waals surface area contributed by atoms with E-state index >= 15 is 0 Å². The molecule has 0 unspecified atom stereocenters. The average molecular weight is 329 g/mol. The quantitative estimate of drug-likeness (QED) is 0.530. The van der Waals surface area contributed by atoms with Crippen LogP contribution in [-0.4, -0.2) is 21.2 Å². The second-order valence-electron chi connectivity index (χ2n) is 3.03. The first kappa shape index (κ1) is 12.7. The van der Waals surface area contributed by atoms with E-state index in [1.807, 2.05) is 18.4 Å². The molecule has 17 heavy (non-hydrogen) atoms. The SMILES string of the molecule is CSc1nc(N)cc(Sc2ccc(Br)cn2)n1. The summed E-state index contributed by atoms with van der Waals surface area (Å²) in [6.07, 6.45) is 3.67. The first-order valence-electron chi connectivity index (χ1n) is 4.65. The number of halogens is 1. The third-order valence-electron chi connectivity index (χ3n) is 1.79. The fourth-order valence-electron chi connectivity index (χ4n) is 1.09. The van der Waals surface area contributed by atoms with Crippen LogP contribution in [0.2, 0.25) is 0 Å². The van der Waals surface area contributed by atoms with E-state index in [9.17, 15) is 0 Å². The molecule has 0 atom stereocenters. The van der Waals surface area contributed by atoms with Crippen molar-refractivity contribution >= 4 is 45.3 Å². The van der Waals surface area contributed by atoms with Gasteiger partial charge in [-0.2, -0.15) is 0 Å². The first-order chi connectivity index (χ1) is 8.17. The minimum Gasteiger partial charge on any atom is -0.384 e. The van der Waals surface area contributed by atoms with Crippen molar-refractivity contribution in [3.05, 3.63) is 28.9 Å². The van der Waals surface area contributed by atoms with Crippen LogP contribution in [0.4, 0.5) is 5.82 Å². The summed E-state index contributed by atoms with van der Waals surface area (Å²) in [5.74, 6) is 0.476. The fraction of sp³-hybridized carbons (Fsp3) is 0.100. The zero-order chi connectivity index (χ0) is 12.3. The van der Waals surface area contributed by atoms with Crippen LogP contribution in [0.3, 0.4) is 0 Å². The lowest BCUT2D eigenvalue weighted by atomic mass is 10.5. The molecule has 0 saturated carbocycles. The number of nitrogens with zero attached hydrogens (tertiary/aromatic N) is 3. The molecule has 2 N–H and O–H groups in total. The van der Waals surface area contributed by atoms with E-state index in [1.165, 1.54) is 23.5 Å². The summed E-state index contributed by atoms with van der Waals surface area (Å²) in [7, 11) is 0. The molecule has 88 valence electrons. The molecule has 4 nitrogen and oxygen atoms in total. The van der Waals surface area contributed by atoms with Gasteiger partial charge in [-0.05, 0) is 46.1 Å². The summed E-state index contributed by atoms with van der Waals surface area (Å²) in [5, 5.41) is 2.35. The molecule has 7 heteroatoms. The molecule has 2 aromatic heterocycles. The van der Waals surface area contributed by atoms with Gasteiger partial charge in [-0.25, -0.2) is 15.0 Å². The highest BCUT2D eigenvalue weighted by molar-refractivity contribution is 9.10. The fourth-order valence-corrected chi connectivity index (χ4v) is 2.54. The highest BCUT2D eigenvalue weighted by Crippen LogP contribution is 2.27. The van der Waals surface area contributed by atoms with Crippen LogP contribution in [0.1, 0.15) is 0 Å². The number of hydrogen-bond donors (Lipinski definition) is 1. The lowest BCUT2D eigenvalue weighted by Crippen LogP contribution is -1.95. The van der Waals surface area contributed by atoms with Crippen molar-refractivity contribution in [2.45, 2.75) is 15.2 Å². The monoisotopic (exact) mass is 328 g/mol. The number of aromatic nitrogens is 3. The standard InChI is InChI=1S/C10H9BrN4S2/c1-16-10-14-7(12)4-9(15-10)17-8-3-2-6(11)5-13-8/h2-5H,1H3,(H2,12,14,15). The Hall–Kier alpha value is -0.790. The third-order valence-corrected chi connectivity index (χ3v) is 3.68. The van der Waals surface area contributed by atoms with Gasteiger partial charge in [-0.1, -0.05) is 11.8 Å². The van der Waals surface area contributed by atoms with Crippen LogP contribution in [0.25, 0.3) is 0 Å². The lowest BCUT2D eigenvalue weighted by molar-refractivity contribution is 0.900. The van der Waals surface area contributed by atoms with Gasteiger partial charge in [0.05, 0.1) is 0 Å². The minimum atomic E-state index is 0.476. The Morgan fingerprint density at radius 2 is 2.06 bits per heavy atom.